The quantitative estimate of drug-likeness (QED) is 0.245. The van der Waals surface area contributed by atoms with Gasteiger partial charge in [-0.05, 0) is 12.1 Å². The maximum absolute atomic E-state index is 12.3. The third-order valence-electron chi connectivity index (χ3n) is 3.15. The summed E-state index contributed by atoms with van der Waals surface area (Å²) >= 11 is 1.50. The van der Waals surface area contributed by atoms with Gasteiger partial charge in [0.25, 0.3) is 11.5 Å². The van der Waals surface area contributed by atoms with E-state index in [4.69, 9.17) is 0 Å². The van der Waals surface area contributed by atoms with Crippen molar-refractivity contribution in [1.29, 1.82) is 0 Å². The van der Waals surface area contributed by atoms with Crippen LogP contribution in [0.3, 0.4) is 0 Å². The van der Waals surface area contributed by atoms with Gasteiger partial charge < -0.3 is 17.0 Å². The van der Waals surface area contributed by atoms with Gasteiger partial charge in [-0.2, -0.15) is 0 Å². The normalized spacial score (nSPS) is 10.4. The monoisotopic (exact) mass is 382 g/mol. The molecular weight excluding hydrogens is 372 g/mol. The summed E-state index contributed by atoms with van der Waals surface area (Å²) in [6.45, 7) is 2.00. The minimum absolute atomic E-state index is 0. The molecule has 0 radical (unpaired) electrons. The minimum atomic E-state index is -0.486. The Morgan fingerprint density at radius 2 is 2.09 bits per heavy atom. The third-order valence-corrected chi connectivity index (χ3v) is 4.02. The average molecular weight is 383 g/mol. The minimum Gasteiger partial charge on any atom is -1.00 e. The Morgan fingerprint density at radius 3 is 2.73 bits per heavy atom. The number of carbonyl (C=O) groups excluding carboxylic acids is 1. The fourth-order valence-electron chi connectivity index (χ4n) is 2.06. The van der Waals surface area contributed by atoms with Crippen LogP contribution in [0.1, 0.15) is 16.2 Å². The van der Waals surface area contributed by atoms with Crippen LogP contribution in [0.25, 0.3) is 4.96 Å². The molecule has 3 aromatic rings. The van der Waals surface area contributed by atoms with Gasteiger partial charge in [-0.25, -0.2) is 4.57 Å². The number of nitrogens with zero attached hydrogens (tertiary/aromatic N) is 4. The first kappa shape index (κ1) is 16.2. The Balaban J connectivity index is 0.00000176. The molecule has 22 heavy (non-hydrogen) atoms. The molecule has 0 aliphatic carbocycles. The van der Waals surface area contributed by atoms with E-state index in [1.54, 1.807) is 4.52 Å². The first-order chi connectivity index (χ1) is 10.1. The molecule has 0 spiro atoms. The number of carbonyl (C=O) groups is 1. The fraction of sp³-hybridized carbons (Fsp3) is 0.154. The second kappa shape index (κ2) is 6.32. The summed E-state index contributed by atoms with van der Waals surface area (Å²) in [6, 6.07) is 5.63. The first-order valence-corrected chi connectivity index (χ1v) is 7.04. The summed E-state index contributed by atoms with van der Waals surface area (Å²) in [5.74, 6) is 0.637. The molecule has 9 heteroatoms. The molecule has 3 rings (SSSR count). The number of halogens is 1. The van der Waals surface area contributed by atoms with Gasteiger partial charge >= 0.3 is 4.96 Å². The Bertz CT molecular complexity index is 841. The molecule has 2 heterocycles. The molecule has 0 aliphatic rings. The molecule has 0 saturated carbocycles. The number of Topliss-reactive ketones (excluding diaryl/α,β-unsaturated/α-hetero) is 1. The number of fused-ring (bicyclic) bond motifs is 1. The number of thiazole rings is 1. The van der Waals surface area contributed by atoms with Crippen LogP contribution < -0.4 is 21.5 Å². The van der Waals surface area contributed by atoms with Crippen LogP contribution in [-0.4, -0.2) is 20.3 Å². The van der Waals surface area contributed by atoms with Crippen molar-refractivity contribution < 1.29 is 31.3 Å². The van der Waals surface area contributed by atoms with E-state index >= 15 is 0 Å². The Labute approximate surface area is 139 Å². The lowest BCUT2D eigenvalue weighted by Crippen LogP contribution is -3.00. The number of non-ortho nitro benzene ring substituents is 1. The van der Waals surface area contributed by atoms with Crippen LogP contribution in [0.15, 0.2) is 35.8 Å². The number of nitro groups is 1. The van der Waals surface area contributed by atoms with Gasteiger partial charge in [0.05, 0.1) is 4.92 Å². The van der Waals surface area contributed by atoms with Crippen molar-refractivity contribution in [3.63, 3.8) is 0 Å². The number of aryl methyl sites for hydroxylation is 1. The van der Waals surface area contributed by atoms with Crippen LogP contribution in [0.5, 0.6) is 0 Å². The van der Waals surface area contributed by atoms with E-state index in [1.807, 2.05) is 23.1 Å². The van der Waals surface area contributed by atoms with Crippen molar-refractivity contribution in [2.45, 2.75) is 13.5 Å². The number of hydrogen-bond acceptors (Lipinski definition) is 5. The predicted octanol–water partition coefficient (Wildman–Crippen LogP) is -1.21. The van der Waals surface area contributed by atoms with Crippen molar-refractivity contribution in [3.05, 3.63) is 57.3 Å². The molecular formula is C13H11BrN4O3S. The first-order valence-electron chi connectivity index (χ1n) is 6.16. The van der Waals surface area contributed by atoms with Gasteiger partial charge in [0.2, 0.25) is 0 Å². The smallest absolute Gasteiger partial charge is 0.324 e. The van der Waals surface area contributed by atoms with Crippen molar-refractivity contribution in [1.82, 2.24) is 9.61 Å². The highest BCUT2D eigenvalue weighted by Gasteiger charge is 2.21. The van der Waals surface area contributed by atoms with E-state index < -0.39 is 4.92 Å². The van der Waals surface area contributed by atoms with Crippen LogP contribution >= 0.6 is 11.3 Å². The SMILES string of the molecule is Cc1nn2ccsc2[n+]1CC(=O)c1ccc([N+](=O)[O-])cc1.[Br-]. The number of aromatic nitrogens is 3. The van der Waals surface area contributed by atoms with E-state index in [2.05, 4.69) is 5.10 Å². The van der Waals surface area contributed by atoms with Gasteiger partial charge in [-0.3, -0.25) is 14.9 Å². The topological polar surface area (TPSA) is 81.4 Å². The summed E-state index contributed by atoms with van der Waals surface area (Å²) < 4.78 is 3.55. The molecule has 0 bridgehead atoms. The van der Waals surface area contributed by atoms with Gasteiger partial charge in [0.15, 0.2) is 5.78 Å². The molecule has 0 fully saturated rings. The lowest BCUT2D eigenvalue weighted by molar-refractivity contribution is -0.662. The highest BCUT2D eigenvalue weighted by Crippen LogP contribution is 2.13. The largest absolute Gasteiger partial charge is 1.00 e. The predicted molar refractivity (Wildman–Crippen MR) is 75.4 cm³/mol. The molecule has 114 valence electrons. The molecule has 0 saturated heterocycles. The van der Waals surface area contributed by atoms with E-state index in [-0.39, 0.29) is 35.0 Å². The lowest BCUT2D eigenvalue weighted by atomic mass is 10.1. The zero-order valence-electron chi connectivity index (χ0n) is 11.5. The molecule has 2 aromatic heterocycles. The standard InChI is InChI=1S/C13H11N4O3S.BrH/c1-9-14-16-6-7-21-13(16)15(9)8-12(18)10-2-4-11(5-3-10)17(19)20;/h2-7H,8H2,1H3;1H/q+1;/p-1. The molecule has 0 amide bonds. The van der Waals surface area contributed by atoms with Crippen molar-refractivity contribution in [2.24, 2.45) is 0 Å². The van der Waals surface area contributed by atoms with Gasteiger partial charge in [-0.15, -0.1) is 0 Å². The molecule has 0 N–H and O–H groups in total. The number of rotatable bonds is 4. The molecule has 0 aliphatic heterocycles. The maximum atomic E-state index is 12.3. The average Bonchev–Trinajstić information content (AvgIpc) is 3.02. The van der Waals surface area contributed by atoms with Gasteiger partial charge in [0.1, 0.15) is 12.7 Å². The lowest BCUT2D eigenvalue weighted by Gasteiger charge is -2.00. The number of ketones is 1. The molecule has 0 unspecified atom stereocenters. The van der Waals surface area contributed by atoms with Crippen molar-refractivity contribution in [2.75, 3.05) is 0 Å². The fourth-order valence-corrected chi connectivity index (χ4v) is 2.90. The zero-order valence-corrected chi connectivity index (χ0v) is 13.9. The van der Waals surface area contributed by atoms with Crippen LogP contribution in [-0.2, 0) is 6.54 Å². The molecule has 7 nitrogen and oxygen atoms in total. The summed E-state index contributed by atoms with van der Waals surface area (Å²) in [6.07, 6.45) is 1.83. The number of hydrogen-bond donors (Lipinski definition) is 0. The van der Waals surface area contributed by atoms with Crippen LogP contribution in [0.4, 0.5) is 5.69 Å². The van der Waals surface area contributed by atoms with E-state index in [1.165, 1.54) is 35.6 Å². The number of benzene rings is 1. The Kier molecular flexibility index (Phi) is 4.67. The second-order valence-corrected chi connectivity index (χ2v) is 5.36. The van der Waals surface area contributed by atoms with E-state index in [9.17, 15) is 14.9 Å². The van der Waals surface area contributed by atoms with E-state index in [0.29, 0.717) is 5.56 Å². The summed E-state index contributed by atoms with van der Waals surface area (Å²) in [7, 11) is 0. The van der Waals surface area contributed by atoms with Gasteiger partial charge in [-0.1, -0.05) is 15.9 Å². The van der Waals surface area contributed by atoms with Crippen molar-refractivity contribution in [3.8, 4) is 0 Å². The Hall–Kier alpha value is -2.13. The zero-order chi connectivity index (χ0) is 15.0. The summed E-state index contributed by atoms with van der Waals surface area (Å²) in [5.41, 5.74) is 0.421. The van der Waals surface area contributed by atoms with E-state index in [0.717, 1.165) is 10.8 Å². The second-order valence-electron chi connectivity index (χ2n) is 4.49. The summed E-state index contributed by atoms with van der Waals surface area (Å²) in [4.78, 5) is 23.3. The summed E-state index contributed by atoms with van der Waals surface area (Å²) in [5, 5.41) is 16.8. The highest BCUT2D eigenvalue weighted by molar-refractivity contribution is 7.14. The molecule has 1 aromatic carbocycles. The molecule has 0 atom stereocenters. The highest BCUT2D eigenvalue weighted by atomic mass is 79.9. The van der Waals surface area contributed by atoms with Crippen molar-refractivity contribution >= 4 is 27.8 Å². The number of nitro benzene ring substituents is 1. The Morgan fingerprint density at radius 1 is 1.41 bits per heavy atom. The van der Waals surface area contributed by atoms with Crippen LogP contribution in [0, 0.1) is 17.0 Å². The third kappa shape index (κ3) is 2.90. The maximum Gasteiger partial charge on any atom is 0.324 e. The van der Waals surface area contributed by atoms with Crippen LogP contribution in [0.2, 0.25) is 0 Å². The van der Waals surface area contributed by atoms with Gasteiger partial charge in [0, 0.05) is 35.1 Å².